The van der Waals surface area contributed by atoms with Gasteiger partial charge in [-0.3, -0.25) is 4.68 Å². The van der Waals surface area contributed by atoms with Gasteiger partial charge in [0.05, 0.1) is 5.69 Å². The van der Waals surface area contributed by atoms with Crippen molar-refractivity contribution in [3.63, 3.8) is 0 Å². The van der Waals surface area contributed by atoms with E-state index < -0.39 is 0 Å². The zero-order valence-electron chi connectivity index (χ0n) is 13.2. The molecule has 1 aromatic carbocycles. The molecule has 0 atom stereocenters. The molecule has 0 amide bonds. The van der Waals surface area contributed by atoms with Crippen molar-refractivity contribution in [2.24, 2.45) is 0 Å². The fourth-order valence-corrected chi connectivity index (χ4v) is 2.62. The van der Waals surface area contributed by atoms with E-state index in [0.29, 0.717) is 12.0 Å². The van der Waals surface area contributed by atoms with Crippen LogP contribution >= 0.6 is 0 Å². The maximum absolute atomic E-state index is 4.66. The summed E-state index contributed by atoms with van der Waals surface area (Å²) in [6, 6.07) is 9.30. The van der Waals surface area contributed by atoms with Gasteiger partial charge < -0.3 is 0 Å². The van der Waals surface area contributed by atoms with Crippen LogP contribution in [0.3, 0.4) is 0 Å². The van der Waals surface area contributed by atoms with Crippen molar-refractivity contribution >= 4 is 0 Å². The maximum atomic E-state index is 4.66. The summed E-state index contributed by atoms with van der Waals surface area (Å²) < 4.78 is 2.11. The summed E-state index contributed by atoms with van der Waals surface area (Å²) in [5, 5.41) is 4.66. The molecule has 0 saturated carbocycles. The molecule has 0 radical (unpaired) electrons. The second-order valence-corrected chi connectivity index (χ2v) is 5.86. The molecule has 0 aliphatic heterocycles. The number of aryl methyl sites for hydroxylation is 1. The summed E-state index contributed by atoms with van der Waals surface area (Å²) in [5.41, 5.74) is 6.30. The molecule has 0 aliphatic carbocycles. The molecule has 1 aromatic heterocycles. The van der Waals surface area contributed by atoms with Crippen molar-refractivity contribution in [1.29, 1.82) is 0 Å². The van der Waals surface area contributed by atoms with Gasteiger partial charge in [-0.15, -0.1) is 0 Å². The van der Waals surface area contributed by atoms with Crippen molar-refractivity contribution in [2.75, 3.05) is 0 Å². The molecule has 3 heteroatoms. The Morgan fingerprint density at radius 1 is 0.950 bits per heavy atom. The number of nitrogens with zero attached hydrogens (tertiary/aromatic N) is 2. The van der Waals surface area contributed by atoms with Crippen molar-refractivity contribution in [1.82, 2.24) is 9.78 Å². The van der Waals surface area contributed by atoms with Crippen LogP contribution in [0, 0.1) is 13.8 Å². The van der Waals surface area contributed by atoms with E-state index in [2.05, 4.69) is 75.6 Å². The van der Waals surface area contributed by atoms with Crippen molar-refractivity contribution in [3.05, 3.63) is 41.2 Å². The molecule has 1 heterocycles. The van der Waals surface area contributed by atoms with Crippen LogP contribution in [0.25, 0.3) is 11.1 Å². The zero-order chi connectivity index (χ0) is 14.2. The summed E-state index contributed by atoms with van der Waals surface area (Å²) in [6.45, 7) is 13.0. The van der Waals surface area contributed by atoms with E-state index in [-0.39, 0.29) is 21.1 Å². The second kappa shape index (κ2) is 6.72. The van der Waals surface area contributed by atoms with Gasteiger partial charge >= 0.3 is 0 Å². The van der Waals surface area contributed by atoms with Gasteiger partial charge in [0, 0.05) is 38.4 Å². The Labute approximate surface area is 136 Å². The van der Waals surface area contributed by atoms with Crippen LogP contribution in [0.5, 0.6) is 0 Å². The number of hydrogen-bond acceptors (Lipinski definition) is 1. The summed E-state index contributed by atoms with van der Waals surface area (Å²) >= 11 is 0. The van der Waals surface area contributed by atoms with Gasteiger partial charge in [-0.25, -0.2) is 0 Å². The summed E-state index contributed by atoms with van der Waals surface area (Å²) in [4.78, 5) is 0. The number of benzene rings is 1. The fourth-order valence-electron chi connectivity index (χ4n) is 2.62. The van der Waals surface area contributed by atoms with Crippen LogP contribution < -0.4 is 0 Å². The first-order valence-electron chi connectivity index (χ1n) is 7.07. The van der Waals surface area contributed by atoms with E-state index in [9.17, 15) is 0 Å². The molecule has 0 aliphatic rings. The van der Waals surface area contributed by atoms with Crippen molar-refractivity contribution in [2.45, 2.75) is 53.5 Å². The third-order valence-electron chi connectivity index (χ3n) is 3.68. The Hall–Kier alpha value is -0.882. The molecule has 112 valence electrons. The first-order chi connectivity index (χ1) is 8.91. The first kappa shape index (κ1) is 17.2. The Morgan fingerprint density at radius 2 is 1.50 bits per heavy atom. The smallest absolute Gasteiger partial charge is 0.0675 e. The summed E-state index contributed by atoms with van der Waals surface area (Å²) in [6.07, 6.45) is 0. The van der Waals surface area contributed by atoms with Gasteiger partial charge in [0.2, 0.25) is 0 Å². The molecule has 0 fully saturated rings. The van der Waals surface area contributed by atoms with Gasteiger partial charge in [-0.2, -0.15) is 5.10 Å². The minimum absolute atomic E-state index is 0. The zero-order valence-corrected chi connectivity index (χ0v) is 15.4. The SMILES string of the molecule is Cc1nn(C(C)C)c(C)c1-c1ccc(C(C)C)cc1.[Pt]. The largest absolute Gasteiger partial charge is 0.266 e. The predicted octanol–water partition coefficient (Wildman–Crippen LogP) is 4.87. The number of aromatic nitrogens is 2. The van der Waals surface area contributed by atoms with E-state index in [1.54, 1.807) is 0 Å². The number of hydrogen-bond donors (Lipinski definition) is 0. The summed E-state index contributed by atoms with van der Waals surface area (Å²) in [5.74, 6) is 0.578. The van der Waals surface area contributed by atoms with Gasteiger partial charge in [0.15, 0.2) is 0 Å². The minimum Gasteiger partial charge on any atom is -0.266 e. The van der Waals surface area contributed by atoms with Crippen LogP contribution in [-0.4, -0.2) is 9.78 Å². The van der Waals surface area contributed by atoms with E-state index in [0.717, 1.165) is 5.69 Å². The Balaban J connectivity index is 0.00000200. The van der Waals surface area contributed by atoms with Crippen LogP contribution in [0.4, 0.5) is 0 Å². The Bertz CT molecular complexity index is 565. The van der Waals surface area contributed by atoms with Crippen molar-refractivity contribution in [3.8, 4) is 11.1 Å². The molecule has 0 bridgehead atoms. The minimum atomic E-state index is 0. The Kier molecular flexibility index (Phi) is 5.77. The number of rotatable bonds is 3. The average molecular weight is 451 g/mol. The van der Waals surface area contributed by atoms with E-state index in [4.69, 9.17) is 0 Å². The van der Waals surface area contributed by atoms with Crippen LogP contribution in [-0.2, 0) is 21.1 Å². The molecule has 0 N–H and O–H groups in total. The second-order valence-electron chi connectivity index (χ2n) is 5.86. The molecule has 20 heavy (non-hydrogen) atoms. The molecule has 0 spiro atoms. The maximum Gasteiger partial charge on any atom is 0.0675 e. The third-order valence-corrected chi connectivity index (χ3v) is 3.68. The molecular formula is C17H24N2Pt. The topological polar surface area (TPSA) is 17.8 Å². The van der Waals surface area contributed by atoms with E-state index in [1.165, 1.54) is 22.4 Å². The third kappa shape index (κ3) is 3.23. The van der Waals surface area contributed by atoms with Gasteiger partial charge in [-0.1, -0.05) is 38.1 Å². The first-order valence-corrected chi connectivity index (χ1v) is 7.07. The molecule has 2 nitrogen and oxygen atoms in total. The van der Waals surface area contributed by atoms with Crippen LogP contribution in [0.15, 0.2) is 24.3 Å². The van der Waals surface area contributed by atoms with E-state index in [1.807, 2.05) is 0 Å². The molecular weight excluding hydrogens is 427 g/mol. The molecule has 0 unspecified atom stereocenters. The summed E-state index contributed by atoms with van der Waals surface area (Å²) in [7, 11) is 0. The average Bonchev–Trinajstić information content (AvgIpc) is 2.65. The monoisotopic (exact) mass is 451 g/mol. The van der Waals surface area contributed by atoms with Crippen LogP contribution in [0.2, 0.25) is 0 Å². The van der Waals surface area contributed by atoms with Crippen molar-refractivity contribution < 1.29 is 21.1 Å². The van der Waals surface area contributed by atoms with Gasteiger partial charge in [0.1, 0.15) is 0 Å². The van der Waals surface area contributed by atoms with Crippen LogP contribution in [0.1, 0.15) is 56.6 Å². The van der Waals surface area contributed by atoms with Gasteiger partial charge in [0.25, 0.3) is 0 Å². The molecule has 2 aromatic rings. The molecule has 2 rings (SSSR count). The standard InChI is InChI=1S/C17H24N2.Pt/c1-11(2)15-7-9-16(10-8-15)17-13(5)18-19(12(3)4)14(17)6;/h7-12H,1-6H3;. The fraction of sp³-hybridized carbons (Fsp3) is 0.471. The molecule has 0 saturated heterocycles. The normalized spacial score (nSPS) is 11.0. The predicted molar refractivity (Wildman–Crippen MR) is 81.6 cm³/mol. The van der Waals surface area contributed by atoms with E-state index >= 15 is 0 Å². The quantitative estimate of drug-likeness (QED) is 0.651. The Morgan fingerprint density at radius 3 is 1.90 bits per heavy atom. The van der Waals surface area contributed by atoms with Gasteiger partial charge in [-0.05, 0) is 44.7 Å².